The minimum absolute atomic E-state index is 0.0198. The van der Waals surface area contributed by atoms with E-state index in [-0.39, 0.29) is 24.6 Å². The molecule has 0 heterocycles. The second-order valence-electron chi connectivity index (χ2n) is 5.39. The lowest BCUT2D eigenvalue weighted by atomic mass is 10.0. The Hall–Kier alpha value is -1.39. The summed E-state index contributed by atoms with van der Waals surface area (Å²) in [6, 6.07) is 8.11. The Kier molecular flexibility index (Phi) is 6.68. The lowest BCUT2D eigenvalue weighted by Crippen LogP contribution is -2.36. The number of aryl methyl sites for hydroxylation is 1. The summed E-state index contributed by atoms with van der Waals surface area (Å²) in [5.74, 6) is 0.0861. The van der Waals surface area contributed by atoms with Crippen molar-refractivity contribution in [2.75, 3.05) is 20.7 Å². The van der Waals surface area contributed by atoms with Crippen LogP contribution in [0.25, 0.3) is 0 Å². The lowest BCUT2D eigenvalue weighted by Gasteiger charge is -2.23. The molecule has 0 saturated carbocycles. The molecule has 1 amide bonds. The second-order valence-corrected chi connectivity index (χ2v) is 5.39. The van der Waals surface area contributed by atoms with Crippen molar-refractivity contribution in [1.82, 2.24) is 10.2 Å². The number of aliphatic hydroxyl groups excluding tert-OH is 1. The first kappa shape index (κ1) is 16.7. The van der Waals surface area contributed by atoms with Crippen molar-refractivity contribution in [1.29, 1.82) is 0 Å². The molecule has 2 N–H and O–H groups in total. The molecule has 0 aliphatic carbocycles. The van der Waals surface area contributed by atoms with Crippen LogP contribution >= 0.6 is 0 Å². The van der Waals surface area contributed by atoms with E-state index >= 15 is 0 Å². The third-order valence-electron chi connectivity index (χ3n) is 3.44. The molecule has 0 radical (unpaired) electrons. The van der Waals surface area contributed by atoms with Crippen molar-refractivity contribution < 1.29 is 9.90 Å². The molecule has 112 valence electrons. The van der Waals surface area contributed by atoms with Gasteiger partial charge in [-0.2, -0.15) is 0 Å². The highest BCUT2D eigenvalue weighted by Gasteiger charge is 2.16. The third kappa shape index (κ3) is 4.94. The monoisotopic (exact) mass is 278 g/mol. The van der Waals surface area contributed by atoms with Crippen LogP contribution in [0.15, 0.2) is 24.3 Å². The van der Waals surface area contributed by atoms with Crippen molar-refractivity contribution >= 4 is 5.91 Å². The lowest BCUT2D eigenvalue weighted by molar-refractivity contribution is -0.129. The zero-order valence-electron chi connectivity index (χ0n) is 12.9. The predicted octanol–water partition coefficient (Wildman–Crippen LogP) is 1.74. The molecule has 2 unspecified atom stereocenters. The van der Waals surface area contributed by atoms with Gasteiger partial charge in [0.05, 0.1) is 12.6 Å². The van der Waals surface area contributed by atoms with Gasteiger partial charge in [0, 0.05) is 26.6 Å². The summed E-state index contributed by atoms with van der Waals surface area (Å²) in [4.78, 5) is 13.3. The molecule has 1 aromatic carbocycles. The van der Waals surface area contributed by atoms with E-state index in [1.165, 1.54) is 5.56 Å². The maximum Gasteiger partial charge on any atom is 0.223 e. The fraction of sp³-hybridized carbons (Fsp3) is 0.562. The molecule has 0 aromatic heterocycles. The molecular formula is C16H26N2O2. The number of nitrogens with one attached hydrogen (secondary N) is 1. The number of nitrogens with zero attached hydrogens (tertiary/aromatic N) is 1. The number of amides is 1. The van der Waals surface area contributed by atoms with Gasteiger partial charge in [-0.1, -0.05) is 31.2 Å². The number of benzene rings is 1. The van der Waals surface area contributed by atoms with Crippen LogP contribution in [-0.4, -0.2) is 42.7 Å². The van der Waals surface area contributed by atoms with Crippen LogP contribution in [0.4, 0.5) is 0 Å². The Balaban J connectivity index is 2.63. The van der Waals surface area contributed by atoms with Crippen LogP contribution in [0.1, 0.15) is 37.4 Å². The van der Waals surface area contributed by atoms with E-state index in [4.69, 9.17) is 0 Å². The van der Waals surface area contributed by atoms with Crippen LogP contribution in [-0.2, 0) is 11.2 Å². The Bertz CT molecular complexity index is 415. The number of carbonyl (C=O) groups excluding carboxylic acids is 1. The van der Waals surface area contributed by atoms with E-state index < -0.39 is 0 Å². The van der Waals surface area contributed by atoms with Gasteiger partial charge in [0.25, 0.3) is 0 Å². The summed E-state index contributed by atoms with van der Waals surface area (Å²) >= 11 is 0. The van der Waals surface area contributed by atoms with E-state index in [2.05, 4.69) is 24.4 Å². The molecule has 0 spiro atoms. The first-order valence-electron chi connectivity index (χ1n) is 7.13. The van der Waals surface area contributed by atoms with Gasteiger partial charge in [-0.15, -0.1) is 0 Å². The van der Waals surface area contributed by atoms with Crippen molar-refractivity contribution in [2.24, 2.45) is 0 Å². The Morgan fingerprint density at radius 3 is 2.35 bits per heavy atom. The number of aliphatic hydroxyl groups is 1. The first-order chi connectivity index (χ1) is 9.47. The molecule has 0 bridgehead atoms. The smallest absolute Gasteiger partial charge is 0.223 e. The highest BCUT2D eigenvalue weighted by molar-refractivity contribution is 5.76. The van der Waals surface area contributed by atoms with Crippen LogP contribution in [0.5, 0.6) is 0 Å². The zero-order chi connectivity index (χ0) is 15.1. The summed E-state index contributed by atoms with van der Waals surface area (Å²) in [5.41, 5.74) is 2.33. The first-order valence-corrected chi connectivity index (χ1v) is 7.13. The molecule has 4 heteroatoms. The summed E-state index contributed by atoms with van der Waals surface area (Å²) in [6.45, 7) is 4.10. The van der Waals surface area contributed by atoms with Gasteiger partial charge in [0.1, 0.15) is 0 Å². The molecule has 0 fully saturated rings. The summed E-state index contributed by atoms with van der Waals surface area (Å²) in [5, 5.41) is 12.8. The SMILES string of the molecule is CCc1ccc(C(CO)NC(C)CC(=O)N(C)C)cc1. The largest absolute Gasteiger partial charge is 0.394 e. The van der Waals surface area contributed by atoms with E-state index in [0.29, 0.717) is 6.42 Å². The molecule has 1 rings (SSSR count). The quantitative estimate of drug-likeness (QED) is 0.799. The molecule has 4 nitrogen and oxygen atoms in total. The molecular weight excluding hydrogens is 252 g/mol. The van der Waals surface area contributed by atoms with Crippen molar-refractivity contribution in [2.45, 2.75) is 38.8 Å². The predicted molar refractivity (Wildman–Crippen MR) is 81.6 cm³/mol. The van der Waals surface area contributed by atoms with Gasteiger partial charge >= 0.3 is 0 Å². The summed E-state index contributed by atoms with van der Waals surface area (Å²) in [7, 11) is 3.50. The summed E-state index contributed by atoms with van der Waals surface area (Å²) < 4.78 is 0. The number of carbonyl (C=O) groups is 1. The van der Waals surface area contributed by atoms with Crippen molar-refractivity contribution in [3.05, 3.63) is 35.4 Å². The number of hydrogen-bond donors (Lipinski definition) is 2. The third-order valence-corrected chi connectivity index (χ3v) is 3.44. The standard InChI is InChI=1S/C16H26N2O2/c1-5-13-6-8-14(9-7-13)15(11-19)17-12(2)10-16(20)18(3)4/h6-9,12,15,17,19H,5,10-11H2,1-4H3. The number of hydrogen-bond acceptors (Lipinski definition) is 3. The van der Waals surface area contributed by atoms with Crippen LogP contribution in [0.2, 0.25) is 0 Å². The van der Waals surface area contributed by atoms with Gasteiger partial charge in [-0.05, 0) is 24.5 Å². The molecule has 1 aromatic rings. The Morgan fingerprint density at radius 1 is 1.30 bits per heavy atom. The average Bonchev–Trinajstić information content (AvgIpc) is 2.44. The molecule has 20 heavy (non-hydrogen) atoms. The van der Waals surface area contributed by atoms with Gasteiger partial charge in [-0.25, -0.2) is 0 Å². The molecule has 2 atom stereocenters. The van der Waals surface area contributed by atoms with Crippen LogP contribution < -0.4 is 5.32 Å². The fourth-order valence-corrected chi connectivity index (χ4v) is 2.09. The summed E-state index contributed by atoms with van der Waals surface area (Å²) in [6.07, 6.45) is 1.43. The molecule has 0 aliphatic heterocycles. The maximum absolute atomic E-state index is 11.7. The topological polar surface area (TPSA) is 52.6 Å². The van der Waals surface area contributed by atoms with Gasteiger partial charge < -0.3 is 15.3 Å². The second kappa shape index (κ2) is 8.02. The highest BCUT2D eigenvalue weighted by Crippen LogP contribution is 2.15. The zero-order valence-corrected chi connectivity index (χ0v) is 12.9. The minimum Gasteiger partial charge on any atom is -0.394 e. The van der Waals surface area contributed by atoms with Crippen LogP contribution in [0.3, 0.4) is 0 Å². The fourth-order valence-electron chi connectivity index (χ4n) is 2.09. The Labute approximate surface area is 121 Å². The van der Waals surface area contributed by atoms with Gasteiger partial charge in [-0.3, -0.25) is 4.79 Å². The van der Waals surface area contributed by atoms with Crippen molar-refractivity contribution in [3.8, 4) is 0 Å². The average molecular weight is 278 g/mol. The Morgan fingerprint density at radius 2 is 1.90 bits per heavy atom. The van der Waals surface area contributed by atoms with Gasteiger partial charge in [0.15, 0.2) is 0 Å². The normalized spacial score (nSPS) is 13.8. The van der Waals surface area contributed by atoms with E-state index in [9.17, 15) is 9.90 Å². The minimum atomic E-state index is -0.133. The van der Waals surface area contributed by atoms with E-state index in [0.717, 1.165) is 12.0 Å². The van der Waals surface area contributed by atoms with E-state index in [1.54, 1.807) is 19.0 Å². The number of rotatable bonds is 7. The van der Waals surface area contributed by atoms with Gasteiger partial charge in [0.2, 0.25) is 5.91 Å². The van der Waals surface area contributed by atoms with E-state index in [1.807, 2.05) is 19.1 Å². The maximum atomic E-state index is 11.7. The van der Waals surface area contributed by atoms with Crippen LogP contribution in [0, 0.1) is 0 Å². The highest BCUT2D eigenvalue weighted by atomic mass is 16.3. The molecule has 0 aliphatic rings. The van der Waals surface area contributed by atoms with Crippen molar-refractivity contribution in [3.63, 3.8) is 0 Å². The molecule has 0 saturated heterocycles.